The van der Waals surface area contributed by atoms with Crippen LogP contribution in [-0.4, -0.2) is 31.6 Å². The summed E-state index contributed by atoms with van der Waals surface area (Å²) in [6.07, 6.45) is 5.96. The Morgan fingerprint density at radius 3 is 2.43 bits per heavy atom. The second kappa shape index (κ2) is 9.74. The molecular formula is C23H25NO4. The fourth-order valence-corrected chi connectivity index (χ4v) is 3.37. The highest BCUT2D eigenvalue weighted by Crippen LogP contribution is 2.25. The Kier molecular flexibility index (Phi) is 6.84. The van der Waals surface area contributed by atoms with E-state index < -0.39 is 5.97 Å². The quantitative estimate of drug-likeness (QED) is 0.451. The fourth-order valence-electron chi connectivity index (χ4n) is 3.37. The van der Waals surface area contributed by atoms with Crippen molar-refractivity contribution in [2.75, 3.05) is 13.7 Å². The van der Waals surface area contributed by atoms with Crippen LogP contribution in [0.25, 0.3) is 11.6 Å². The van der Waals surface area contributed by atoms with E-state index in [1.807, 2.05) is 54.6 Å². The number of benzene rings is 2. The zero-order valence-corrected chi connectivity index (χ0v) is 16.0. The van der Waals surface area contributed by atoms with Crippen LogP contribution in [0.5, 0.6) is 5.75 Å². The molecule has 146 valence electrons. The van der Waals surface area contributed by atoms with E-state index in [-0.39, 0.29) is 18.6 Å². The summed E-state index contributed by atoms with van der Waals surface area (Å²) in [5.74, 6) is -0.147. The summed E-state index contributed by atoms with van der Waals surface area (Å²) in [7, 11) is 1.58. The van der Waals surface area contributed by atoms with Crippen molar-refractivity contribution in [3.8, 4) is 5.75 Å². The molecule has 1 amide bonds. The molecule has 5 nitrogen and oxygen atoms in total. The fraction of sp³-hybridized carbons (Fsp3) is 0.304. The number of amides is 1. The van der Waals surface area contributed by atoms with Crippen molar-refractivity contribution >= 4 is 23.5 Å². The Labute approximate surface area is 165 Å². The number of ether oxygens (including phenoxy) is 2. The molecule has 1 fully saturated rings. The summed E-state index contributed by atoms with van der Waals surface area (Å²) in [6, 6.07) is 16.9. The number of esters is 1. The van der Waals surface area contributed by atoms with Crippen molar-refractivity contribution in [1.82, 2.24) is 5.32 Å². The highest BCUT2D eigenvalue weighted by Gasteiger charge is 2.20. The molecule has 1 N–H and O–H groups in total. The lowest BCUT2D eigenvalue weighted by molar-refractivity contribution is -0.143. The Balaban J connectivity index is 1.76. The number of hydrogen-bond acceptors (Lipinski definition) is 4. The first-order valence-corrected chi connectivity index (χ1v) is 9.54. The highest BCUT2D eigenvalue weighted by atomic mass is 16.5. The second-order valence-corrected chi connectivity index (χ2v) is 6.79. The van der Waals surface area contributed by atoms with Gasteiger partial charge in [-0.1, -0.05) is 61.4 Å². The van der Waals surface area contributed by atoms with E-state index in [2.05, 4.69) is 5.32 Å². The van der Waals surface area contributed by atoms with E-state index >= 15 is 0 Å². The van der Waals surface area contributed by atoms with Gasteiger partial charge in [0.1, 0.15) is 5.75 Å². The normalized spacial score (nSPS) is 14.5. The van der Waals surface area contributed by atoms with Gasteiger partial charge in [-0.25, -0.2) is 4.79 Å². The lowest BCUT2D eigenvalue weighted by Crippen LogP contribution is -2.36. The van der Waals surface area contributed by atoms with E-state index in [0.717, 1.165) is 36.8 Å². The number of rotatable bonds is 7. The average molecular weight is 379 g/mol. The van der Waals surface area contributed by atoms with Crippen LogP contribution in [0.3, 0.4) is 0 Å². The zero-order chi connectivity index (χ0) is 19.8. The molecule has 2 aromatic rings. The zero-order valence-electron chi connectivity index (χ0n) is 16.0. The number of para-hydroxylation sites is 1. The summed E-state index contributed by atoms with van der Waals surface area (Å²) < 4.78 is 10.7. The number of nitrogens with one attached hydrogen (secondary N) is 1. The molecule has 0 saturated heterocycles. The van der Waals surface area contributed by atoms with Crippen molar-refractivity contribution in [2.45, 2.75) is 31.7 Å². The lowest BCUT2D eigenvalue weighted by Gasteiger charge is -2.13. The van der Waals surface area contributed by atoms with E-state index in [1.165, 1.54) is 0 Å². The maximum Gasteiger partial charge on any atom is 0.339 e. The minimum Gasteiger partial charge on any atom is -0.496 e. The van der Waals surface area contributed by atoms with Gasteiger partial charge >= 0.3 is 5.97 Å². The van der Waals surface area contributed by atoms with Crippen molar-refractivity contribution in [1.29, 1.82) is 0 Å². The van der Waals surface area contributed by atoms with E-state index in [4.69, 9.17) is 9.47 Å². The first-order valence-electron chi connectivity index (χ1n) is 9.54. The van der Waals surface area contributed by atoms with Gasteiger partial charge in [-0.3, -0.25) is 4.79 Å². The Hall–Kier alpha value is -3.08. The third-order valence-electron chi connectivity index (χ3n) is 4.80. The third kappa shape index (κ3) is 5.22. The van der Waals surface area contributed by atoms with Gasteiger partial charge in [-0.05, 0) is 30.5 Å². The van der Waals surface area contributed by atoms with Crippen molar-refractivity contribution < 1.29 is 19.1 Å². The molecule has 0 spiro atoms. The lowest BCUT2D eigenvalue weighted by atomic mass is 10.0. The van der Waals surface area contributed by atoms with Crippen LogP contribution in [0.4, 0.5) is 0 Å². The van der Waals surface area contributed by atoms with Gasteiger partial charge in [0.2, 0.25) is 0 Å². The van der Waals surface area contributed by atoms with Crippen LogP contribution in [0.1, 0.15) is 36.8 Å². The smallest absolute Gasteiger partial charge is 0.339 e. The molecule has 0 radical (unpaired) electrons. The standard InChI is InChI=1S/C23H25NO4/c1-27-21-14-8-5-11-18(21)15-20(17-9-3-2-4-10-17)23(26)28-16-22(25)24-19-12-6-7-13-19/h2-5,8-11,14-15,19H,6-7,12-13,16H2,1H3,(H,24,25). The van der Waals surface area contributed by atoms with Crippen molar-refractivity contribution in [2.24, 2.45) is 0 Å². The van der Waals surface area contributed by atoms with Gasteiger partial charge in [0.05, 0.1) is 12.7 Å². The molecule has 3 rings (SSSR count). The molecule has 0 aliphatic heterocycles. The first kappa shape index (κ1) is 19.7. The van der Waals surface area contributed by atoms with Gasteiger partial charge in [-0.2, -0.15) is 0 Å². The molecule has 28 heavy (non-hydrogen) atoms. The van der Waals surface area contributed by atoms with E-state index in [9.17, 15) is 9.59 Å². The highest BCUT2D eigenvalue weighted by molar-refractivity contribution is 6.22. The van der Waals surface area contributed by atoms with E-state index in [1.54, 1.807) is 13.2 Å². The van der Waals surface area contributed by atoms with Crippen LogP contribution in [0, 0.1) is 0 Å². The van der Waals surface area contributed by atoms with Crippen LogP contribution in [0.15, 0.2) is 54.6 Å². The van der Waals surface area contributed by atoms with Crippen molar-refractivity contribution in [3.63, 3.8) is 0 Å². The SMILES string of the molecule is COc1ccccc1C=C(C(=O)OCC(=O)NC1CCCC1)c1ccccc1. The van der Waals surface area contributed by atoms with Gasteiger partial charge in [0.25, 0.3) is 5.91 Å². The Morgan fingerprint density at radius 2 is 1.71 bits per heavy atom. The summed E-state index contributed by atoms with van der Waals surface area (Å²) >= 11 is 0. The largest absolute Gasteiger partial charge is 0.496 e. The van der Waals surface area contributed by atoms with E-state index in [0.29, 0.717) is 11.3 Å². The minimum absolute atomic E-state index is 0.198. The summed E-state index contributed by atoms with van der Waals surface area (Å²) in [4.78, 5) is 24.9. The third-order valence-corrected chi connectivity index (χ3v) is 4.80. The molecule has 1 aliphatic carbocycles. The second-order valence-electron chi connectivity index (χ2n) is 6.79. The predicted octanol–water partition coefficient (Wildman–Crippen LogP) is 3.84. The molecule has 0 unspecified atom stereocenters. The summed E-state index contributed by atoms with van der Waals surface area (Å²) in [5.41, 5.74) is 1.85. The van der Waals surface area contributed by atoms with Gasteiger partial charge in [0, 0.05) is 11.6 Å². The van der Waals surface area contributed by atoms with Crippen LogP contribution < -0.4 is 10.1 Å². The molecule has 1 aliphatic rings. The molecule has 0 bridgehead atoms. The predicted molar refractivity (Wildman–Crippen MR) is 109 cm³/mol. The number of methoxy groups -OCH3 is 1. The van der Waals surface area contributed by atoms with Gasteiger partial charge in [0.15, 0.2) is 6.61 Å². The van der Waals surface area contributed by atoms with Crippen LogP contribution >= 0.6 is 0 Å². The molecule has 0 heterocycles. The number of hydrogen-bond donors (Lipinski definition) is 1. The molecule has 0 aromatic heterocycles. The Morgan fingerprint density at radius 1 is 1.04 bits per heavy atom. The number of carbonyl (C=O) groups is 2. The van der Waals surface area contributed by atoms with Crippen LogP contribution in [0.2, 0.25) is 0 Å². The van der Waals surface area contributed by atoms with Gasteiger partial charge in [-0.15, -0.1) is 0 Å². The minimum atomic E-state index is -0.543. The molecule has 0 atom stereocenters. The monoisotopic (exact) mass is 379 g/mol. The summed E-state index contributed by atoms with van der Waals surface area (Å²) in [6.45, 7) is -0.286. The summed E-state index contributed by atoms with van der Waals surface area (Å²) in [5, 5.41) is 2.93. The first-order chi connectivity index (χ1) is 13.7. The molecule has 2 aromatic carbocycles. The maximum atomic E-state index is 12.8. The maximum absolute atomic E-state index is 12.8. The molecule has 5 heteroatoms. The molecule has 1 saturated carbocycles. The Bertz CT molecular complexity index is 839. The number of carbonyl (C=O) groups excluding carboxylic acids is 2. The average Bonchev–Trinajstić information content (AvgIpc) is 3.24. The van der Waals surface area contributed by atoms with Crippen LogP contribution in [-0.2, 0) is 14.3 Å². The topological polar surface area (TPSA) is 64.6 Å². The molecular weight excluding hydrogens is 354 g/mol. The van der Waals surface area contributed by atoms with Gasteiger partial charge < -0.3 is 14.8 Å². The van der Waals surface area contributed by atoms with Crippen molar-refractivity contribution in [3.05, 3.63) is 65.7 Å².